The van der Waals surface area contributed by atoms with Gasteiger partial charge >= 0.3 is 0 Å². The molecule has 0 aromatic carbocycles. The third-order valence-electron chi connectivity index (χ3n) is 4.76. The highest BCUT2D eigenvalue weighted by Crippen LogP contribution is 2.28. The first kappa shape index (κ1) is 18.7. The standard InChI is InChI=1S/C18H33N5O/c1-13-7-9-14(10-8-13)12-23(6)17(19-5)20-11-15-21-16(24-22-15)18(2,3)4/h13-14H,7-12H2,1-6H3,(H,19,20). The van der Waals surface area contributed by atoms with E-state index in [2.05, 4.69) is 60.1 Å². The topological polar surface area (TPSA) is 66.5 Å². The van der Waals surface area contributed by atoms with Gasteiger partial charge < -0.3 is 14.7 Å². The average molecular weight is 335 g/mol. The van der Waals surface area contributed by atoms with E-state index in [0.717, 1.165) is 24.3 Å². The summed E-state index contributed by atoms with van der Waals surface area (Å²) in [4.78, 5) is 11.1. The smallest absolute Gasteiger partial charge is 0.232 e. The first-order chi connectivity index (χ1) is 11.3. The molecule has 0 unspecified atom stereocenters. The summed E-state index contributed by atoms with van der Waals surface area (Å²) in [5, 5.41) is 7.39. The third-order valence-corrected chi connectivity index (χ3v) is 4.76. The van der Waals surface area contributed by atoms with Crippen molar-refractivity contribution in [3.05, 3.63) is 11.7 Å². The number of rotatable bonds is 4. The fourth-order valence-corrected chi connectivity index (χ4v) is 3.16. The number of guanidine groups is 1. The molecule has 1 aromatic rings. The van der Waals surface area contributed by atoms with Crippen LogP contribution in [0.1, 0.15) is 65.1 Å². The molecule has 0 atom stereocenters. The van der Waals surface area contributed by atoms with Crippen molar-refractivity contribution < 1.29 is 4.52 Å². The Labute approximate surface area is 146 Å². The van der Waals surface area contributed by atoms with Crippen LogP contribution >= 0.6 is 0 Å². The van der Waals surface area contributed by atoms with E-state index in [0.29, 0.717) is 18.3 Å². The molecule has 0 amide bonds. The minimum atomic E-state index is -0.123. The molecule has 1 aromatic heterocycles. The summed E-state index contributed by atoms with van der Waals surface area (Å²) in [5.41, 5.74) is -0.123. The molecule has 136 valence electrons. The third kappa shape index (κ3) is 5.21. The molecule has 0 spiro atoms. The molecule has 0 saturated heterocycles. The lowest BCUT2D eigenvalue weighted by atomic mass is 9.83. The summed E-state index contributed by atoms with van der Waals surface area (Å²) in [6.07, 6.45) is 5.34. The number of hydrogen-bond donors (Lipinski definition) is 1. The Kier molecular flexibility index (Phi) is 6.24. The molecule has 0 bridgehead atoms. The predicted octanol–water partition coefficient (Wildman–Crippen LogP) is 3.20. The summed E-state index contributed by atoms with van der Waals surface area (Å²) in [6.45, 7) is 10.1. The van der Waals surface area contributed by atoms with E-state index in [4.69, 9.17) is 4.52 Å². The van der Waals surface area contributed by atoms with E-state index in [1.54, 1.807) is 0 Å². The number of aromatic nitrogens is 2. The van der Waals surface area contributed by atoms with Gasteiger partial charge in [-0.15, -0.1) is 0 Å². The van der Waals surface area contributed by atoms with Crippen LogP contribution in [0, 0.1) is 11.8 Å². The Hall–Kier alpha value is -1.59. The molecule has 24 heavy (non-hydrogen) atoms. The fraction of sp³-hybridized carbons (Fsp3) is 0.833. The Balaban J connectivity index is 1.84. The summed E-state index contributed by atoms with van der Waals surface area (Å²) < 4.78 is 5.33. The summed E-state index contributed by atoms with van der Waals surface area (Å²) >= 11 is 0. The van der Waals surface area contributed by atoms with E-state index >= 15 is 0 Å². The molecule has 1 aliphatic carbocycles. The molecule has 0 radical (unpaired) electrons. The number of nitrogens with zero attached hydrogens (tertiary/aromatic N) is 4. The van der Waals surface area contributed by atoms with Crippen LogP contribution in [0.2, 0.25) is 0 Å². The highest BCUT2D eigenvalue weighted by molar-refractivity contribution is 5.79. The largest absolute Gasteiger partial charge is 0.349 e. The zero-order valence-electron chi connectivity index (χ0n) is 16.1. The van der Waals surface area contributed by atoms with Crippen molar-refractivity contribution in [1.29, 1.82) is 0 Å². The first-order valence-corrected chi connectivity index (χ1v) is 9.04. The molecule has 1 heterocycles. The van der Waals surface area contributed by atoms with Gasteiger partial charge in [0.25, 0.3) is 0 Å². The number of hydrogen-bond acceptors (Lipinski definition) is 4. The van der Waals surface area contributed by atoms with Crippen LogP contribution in [-0.4, -0.2) is 41.6 Å². The maximum Gasteiger partial charge on any atom is 0.232 e. The van der Waals surface area contributed by atoms with Crippen LogP contribution in [0.25, 0.3) is 0 Å². The van der Waals surface area contributed by atoms with Gasteiger partial charge in [-0.25, -0.2) is 0 Å². The van der Waals surface area contributed by atoms with E-state index in [-0.39, 0.29) is 5.41 Å². The van der Waals surface area contributed by atoms with Gasteiger partial charge in [0.1, 0.15) is 0 Å². The highest BCUT2D eigenvalue weighted by atomic mass is 16.5. The van der Waals surface area contributed by atoms with Gasteiger partial charge in [-0.3, -0.25) is 4.99 Å². The van der Waals surface area contributed by atoms with E-state index in [1.807, 2.05) is 7.05 Å². The van der Waals surface area contributed by atoms with E-state index in [1.165, 1.54) is 25.7 Å². The van der Waals surface area contributed by atoms with Gasteiger partial charge in [0.05, 0.1) is 6.54 Å². The van der Waals surface area contributed by atoms with Gasteiger partial charge in [-0.2, -0.15) is 4.98 Å². The Morgan fingerprint density at radius 1 is 1.29 bits per heavy atom. The van der Waals surface area contributed by atoms with Crippen molar-refractivity contribution in [2.45, 2.75) is 65.3 Å². The molecular weight excluding hydrogens is 302 g/mol. The van der Waals surface area contributed by atoms with Gasteiger partial charge in [0.15, 0.2) is 11.8 Å². The highest BCUT2D eigenvalue weighted by Gasteiger charge is 2.23. The molecular formula is C18H33N5O. The monoisotopic (exact) mass is 335 g/mol. The Bertz CT molecular complexity index is 538. The maximum atomic E-state index is 5.33. The maximum absolute atomic E-state index is 5.33. The van der Waals surface area contributed by atoms with Crippen LogP contribution in [0.15, 0.2) is 9.52 Å². The van der Waals surface area contributed by atoms with E-state index in [9.17, 15) is 0 Å². The zero-order chi connectivity index (χ0) is 17.7. The Morgan fingerprint density at radius 2 is 1.96 bits per heavy atom. The Morgan fingerprint density at radius 3 is 2.50 bits per heavy atom. The predicted molar refractivity (Wildman–Crippen MR) is 96.9 cm³/mol. The molecule has 1 fully saturated rings. The minimum Gasteiger partial charge on any atom is -0.349 e. The van der Waals surface area contributed by atoms with Crippen LogP contribution in [0.5, 0.6) is 0 Å². The molecule has 6 heteroatoms. The number of nitrogens with one attached hydrogen (secondary N) is 1. The average Bonchev–Trinajstić information content (AvgIpc) is 2.99. The lowest BCUT2D eigenvalue weighted by molar-refractivity contribution is 0.250. The van der Waals surface area contributed by atoms with Crippen LogP contribution in [0.4, 0.5) is 0 Å². The van der Waals surface area contributed by atoms with Crippen molar-refractivity contribution >= 4 is 5.96 Å². The van der Waals surface area contributed by atoms with Crippen molar-refractivity contribution in [3.8, 4) is 0 Å². The first-order valence-electron chi connectivity index (χ1n) is 9.04. The molecule has 2 rings (SSSR count). The van der Waals surface area contributed by atoms with E-state index < -0.39 is 0 Å². The lowest BCUT2D eigenvalue weighted by Gasteiger charge is -2.31. The molecule has 1 N–H and O–H groups in total. The van der Waals surface area contributed by atoms with Crippen molar-refractivity contribution in [1.82, 2.24) is 20.4 Å². The molecule has 0 aliphatic heterocycles. The fourth-order valence-electron chi connectivity index (χ4n) is 3.16. The quantitative estimate of drug-likeness (QED) is 0.676. The number of aliphatic imine (C=N–C) groups is 1. The second kappa shape index (κ2) is 7.99. The second-order valence-electron chi connectivity index (χ2n) is 8.17. The van der Waals surface area contributed by atoms with Gasteiger partial charge in [-0.1, -0.05) is 45.7 Å². The van der Waals surface area contributed by atoms with Crippen LogP contribution < -0.4 is 5.32 Å². The lowest BCUT2D eigenvalue weighted by Crippen LogP contribution is -2.41. The summed E-state index contributed by atoms with van der Waals surface area (Å²) in [5.74, 6) is 3.87. The van der Waals surface area contributed by atoms with Crippen LogP contribution in [0.3, 0.4) is 0 Å². The van der Waals surface area contributed by atoms with Crippen LogP contribution in [-0.2, 0) is 12.0 Å². The van der Waals surface area contributed by atoms with Crippen molar-refractivity contribution in [3.63, 3.8) is 0 Å². The zero-order valence-corrected chi connectivity index (χ0v) is 16.1. The van der Waals surface area contributed by atoms with Gasteiger partial charge in [-0.05, 0) is 24.7 Å². The van der Waals surface area contributed by atoms with Gasteiger partial charge in [0, 0.05) is 26.1 Å². The second-order valence-corrected chi connectivity index (χ2v) is 8.17. The summed E-state index contributed by atoms with van der Waals surface area (Å²) in [7, 11) is 3.92. The van der Waals surface area contributed by atoms with Crippen molar-refractivity contribution in [2.24, 2.45) is 16.8 Å². The molecule has 6 nitrogen and oxygen atoms in total. The normalized spacial score (nSPS) is 22.5. The van der Waals surface area contributed by atoms with Crippen molar-refractivity contribution in [2.75, 3.05) is 20.6 Å². The van der Waals surface area contributed by atoms with Gasteiger partial charge in [0.2, 0.25) is 5.89 Å². The molecule has 1 aliphatic rings. The minimum absolute atomic E-state index is 0.123. The summed E-state index contributed by atoms with van der Waals surface area (Å²) in [6, 6.07) is 0. The SMILES string of the molecule is CN=C(NCc1noc(C(C)(C)C)n1)N(C)CC1CCC(C)CC1. The molecule has 1 saturated carbocycles.